The summed E-state index contributed by atoms with van der Waals surface area (Å²) >= 11 is 0. The van der Waals surface area contributed by atoms with E-state index in [4.69, 9.17) is 28.8 Å². The molecule has 0 saturated carbocycles. The van der Waals surface area contributed by atoms with Crippen LogP contribution in [0.15, 0.2) is 24.3 Å². The van der Waals surface area contributed by atoms with E-state index in [2.05, 4.69) is 0 Å². The first kappa shape index (κ1) is 18.7. The minimum absolute atomic E-state index is 0.0638. The molecule has 136 valence electrons. The van der Waals surface area contributed by atoms with Crippen LogP contribution >= 0.6 is 0 Å². The fourth-order valence-corrected chi connectivity index (χ4v) is 2.66. The summed E-state index contributed by atoms with van der Waals surface area (Å²) in [4.78, 5) is 0. The molecule has 6 nitrogen and oxygen atoms in total. The molecule has 6 heteroatoms. The molecule has 1 N–H and O–H groups in total. The van der Waals surface area contributed by atoms with Crippen molar-refractivity contribution in [3.05, 3.63) is 29.8 Å². The van der Waals surface area contributed by atoms with E-state index in [9.17, 15) is 0 Å². The second-order valence-corrected chi connectivity index (χ2v) is 5.26. The van der Waals surface area contributed by atoms with Crippen molar-refractivity contribution in [2.24, 2.45) is 0 Å². The minimum atomic E-state index is -0.0638. The van der Waals surface area contributed by atoms with Gasteiger partial charge in [0.15, 0.2) is 11.5 Å². The van der Waals surface area contributed by atoms with Gasteiger partial charge in [-0.1, -0.05) is 0 Å². The third kappa shape index (κ3) is 3.74. The standard InChI is InChI=1S/C19H24O6/c1-12-16(22-3)10-13(11-17(12)25-9-8-20)14-6-7-15(21-2)19(24-5)18(14)23-4/h6-7,10-11,20H,8-9H2,1-5H3. The molecule has 2 aromatic carbocycles. The fourth-order valence-electron chi connectivity index (χ4n) is 2.66. The minimum Gasteiger partial charge on any atom is -0.496 e. The molecule has 2 rings (SSSR count). The van der Waals surface area contributed by atoms with Crippen molar-refractivity contribution in [3.8, 4) is 39.9 Å². The van der Waals surface area contributed by atoms with Crippen molar-refractivity contribution in [1.82, 2.24) is 0 Å². The zero-order valence-electron chi connectivity index (χ0n) is 15.2. The van der Waals surface area contributed by atoms with Crippen molar-refractivity contribution < 1.29 is 28.8 Å². The molecular weight excluding hydrogens is 324 g/mol. The van der Waals surface area contributed by atoms with Crippen LogP contribution in [0.25, 0.3) is 11.1 Å². The Bertz CT molecular complexity index is 726. The number of ether oxygens (including phenoxy) is 5. The van der Waals surface area contributed by atoms with Gasteiger partial charge in [0, 0.05) is 11.1 Å². The van der Waals surface area contributed by atoms with Crippen molar-refractivity contribution in [3.63, 3.8) is 0 Å². The summed E-state index contributed by atoms with van der Waals surface area (Å²) in [5, 5.41) is 9.03. The van der Waals surface area contributed by atoms with Gasteiger partial charge in [0.05, 0.1) is 35.0 Å². The van der Waals surface area contributed by atoms with Crippen LogP contribution in [0.5, 0.6) is 28.7 Å². The molecule has 25 heavy (non-hydrogen) atoms. The maximum absolute atomic E-state index is 9.03. The van der Waals surface area contributed by atoms with Crippen LogP contribution in [0.2, 0.25) is 0 Å². The molecule has 0 radical (unpaired) electrons. The third-order valence-electron chi connectivity index (χ3n) is 3.90. The van der Waals surface area contributed by atoms with Gasteiger partial charge < -0.3 is 28.8 Å². The van der Waals surface area contributed by atoms with Gasteiger partial charge >= 0.3 is 0 Å². The lowest BCUT2D eigenvalue weighted by Gasteiger charge is -2.18. The third-order valence-corrected chi connectivity index (χ3v) is 3.90. The molecule has 0 aromatic heterocycles. The van der Waals surface area contributed by atoms with Gasteiger partial charge in [0.1, 0.15) is 18.1 Å². The summed E-state index contributed by atoms with van der Waals surface area (Å²) in [6.07, 6.45) is 0. The second-order valence-electron chi connectivity index (χ2n) is 5.26. The van der Waals surface area contributed by atoms with E-state index < -0.39 is 0 Å². The first-order valence-electron chi connectivity index (χ1n) is 7.82. The molecule has 0 saturated heterocycles. The first-order valence-corrected chi connectivity index (χ1v) is 7.82. The molecule has 0 aliphatic carbocycles. The maximum Gasteiger partial charge on any atom is 0.203 e. The molecule has 0 unspecified atom stereocenters. The molecule has 0 amide bonds. The molecule has 0 aliphatic heterocycles. The van der Waals surface area contributed by atoms with Crippen molar-refractivity contribution >= 4 is 0 Å². The summed E-state index contributed by atoms with van der Waals surface area (Å²) in [5.74, 6) is 2.97. The van der Waals surface area contributed by atoms with E-state index in [1.807, 2.05) is 31.2 Å². The summed E-state index contributed by atoms with van der Waals surface area (Å²) < 4.78 is 27.4. The number of rotatable bonds is 8. The quantitative estimate of drug-likeness (QED) is 0.791. The van der Waals surface area contributed by atoms with E-state index in [1.54, 1.807) is 28.4 Å². The van der Waals surface area contributed by atoms with Crippen LogP contribution in [0.4, 0.5) is 0 Å². The van der Waals surface area contributed by atoms with Gasteiger partial charge in [0.25, 0.3) is 0 Å². The Morgan fingerprint density at radius 2 is 1.44 bits per heavy atom. The zero-order valence-corrected chi connectivity index (χ0v) is 15.2. The molecule has 0 atom stereocenters. The number of hydrogen-bond donors (Lipinski definition) is 1. The zero-order chi connectivity index (χ0) is 18.4. The Morgan fingerprint density at radius 3 is 2.00 bits per heavy atom. The predicted octanol–water partition coefficient (Wildman–Crippen LogP) is 3.07. The highest BCUT2D eigenvalue weighted by molar-refractivity contribution is 5.78. The van der Waals surface area contributed by atoms with Crippen LogP contribution < -0.4 is 23.7 Å². The van der Waals surface area contributed by atoms with Gasteiger partial charge in [-0.25, -0.2) is 0 Å². The topological polar surface area (TPSA) is 66.4 Å². The Balaban J connectivity index is 2.65. The number of hydrogen-bond acceptors (Lipinski definition) is 6. The first-order chi connectivity index (χ1) is 12.1. The van der Waals surface area contributed by atoms with Gasteiger partial charge in [-0.3, -0.25) is 0 Å². The van der Waals surface area contributed by atoms with E-state index >= 15 is 0 Å². The highest BCUT2D eigenvalue weighted by Gasteiger charge is 2.19. The second kappa shape index (κ2) is 8.48. The van der Waals surface area contributed by atoms with Gasteiger partial charge in [-0.05, 0) is 36.8 Å². The average molecular weight is 348 g/mol. The Hall–Kier alpha value is -2.60. The van der Waals surface area contributed by atoms with E-state index in [-0.39, 0.29) is 13.2 Å². The van der Waals surface area contributed by atoms with Crippen molar-refractivity contribution in [2.75, 3.05) is 41.7 Å². The van der Waals surface area contributed by atoms with E-state index in [0.717, 1.165) is 16.7 Å². The Morgan fingerprint density at radius 1 is 0.800 bits per heavy atom. The van der Waals surface area contributed by atoms with Gasteiger partial charge in [-0.2, -0.15) is 0 Å². The number of benzene rings is 2. The lowest BCUT2D eigenvalue weighted by atomic mass is 10.0. The predicted molar refractivity (Wildman–Crippen MR) is 95.4 cm³/mol. The largest absolute Gasteiger partial charge is 0.496 e. The fraction of sp³-hybridized carbons (Fsp3) is 0.368. The summed E-state index contributed by atoms with van der Waals surface area (Å²) in [7, 11) is 6.32. The molecule has 0 aliphatic rings. The summed E-state index contributed by atoms with van der Waals surface area (Å²) in [5.41, 5.74) is 2.51. The van der Waals surface area contributed by atoms with Crippen LogP contribution in [-0.4, -0.2) is 46.8 Å². The Labute approximate surface area is 147 Å². The lowest BCUT2D eigenvalue weighted by molar-refractivity contribution is 0.200. The smallest absolute Gasteiger partial charge is 0.203 e. The Kier molecular flexibility index (Phi) is 6.36. The summed E-state index contributed by atoms with van der Waals surface area (Å²) in [6, 6.07) is 7.50. The highest BCUT2D eigenvalue weighted by Crippen LogP contribution is 2.46. The van der Waals surface area contributed by atoms with E-state index in [1.165, 1.54) is 0 Å². The van der Waals surface area contributed by atoms with E-state index in [0.29, 0.717) is 28.7 Å². The van der Waals surface area contributed by atoms with Gasteiger partial charge in [-0.15, -0.1) is 0 Å². The lowest BCUT2D eigenvalue weighted by Crippen LogP contribution is -2.04. The number of aliphatic hydroxyl groups excluding tert-OH is 1. The normalized spacial score (nSPS) is 10.3. The molecule has 0 spiro atoms. The van der Waals surface area contributed by atoms with Crippen LogP contribution in [0.3, 0.4) is 0 Å². The molecular formula is C19H24O6. The van der Waals surface area contributed by atoms with Crippen LogP contribution in [-0.2, 0) is 0 Å². The number of aliphatic hydroxyl groups is 1. The van der Waals surface area contributed by atoms with Crippen LogP contribution in [0, 0.1) is 6.92 Å². The van der Waals surface area contributed by atoms with Crippen molar-refractivity contribution in [1.29, 1.82) is 0 Å². The molecule has 0 bridgehead atoms. The maximum atomic E-state index is 9.03. The van der Waals surface area contributed by atoms with Gasteiger partial charge in [0.2, 0.25) is 5.75 Å². The summed E-state index contributed by atoms with van der Waals surface area (Å²) in [6.45, 7) is 2.04. The van der Waals surface area contributed by atoms with Crippen LogP contribution in [0.1, 0.15) is 5.56 Å². The average Bonchev–Trinajstić information content (AvgIpc) is 2.65. The highest BCUT2D eigenvalue weighted by atomic mass is 16.5. The van der Waals surface area contributed by atoms with Crippen molar-refractivity contribution in [2.45, 2.75) is 6.92 Å². The SMILES string of the molecule is COc1cc(-c2ccc(OC)c(OC)c2OC)cc(OCCO)c1C. The number of methoxy groups -OCH3 is 4. The molecule has 0 heterocycles. The molecule has 2 aromatic rings. The monoisotopic (exact) mass is 348 g/mol. The molecule has 0 fully saturated rings.